The first kappa shape index (κ1) is 66.0. The number of hydrogen-bond acceptors (Lipinski definition) is 14. The second-order valence-corrected chi connectivity index (χ2v) is 37.8. The van der Waals surface area contributed by atoms with E-state index in [1.807, 2.05) is 41.5 Å². The van der Waals surface area contributed by atoms with Crippen LogP contribution in [0.3, 0.4) is 0 Å². The average Bonchev–Trinajstić information content (AvgIpc) is 2.49. The third-order valence-corrected chi connectivity index (χ3v) is 16.2. The van der Waals surface area contributed by atoms with E-state index in [1.54, 1.807) is 78.6 Å². The van der Waals surface area contributed by atoms with E-state index in [2.05, 4.69) is 69.8 Å². The number of amides is 3. The van der Waals surface area contributed by atoms with Crippen LogP contribution in [-0.2, 0) is 34.2 Å². The Morgan fingerprint density at radius 3 is 1.62 bits per heavy atom. The minimum absolute atomic E-state index is 0.00560. The third-order valence-electron chi connectivity index (χ3n) is 12.8. The fourth-order valence-corrected chi connectivity index (χ4v) is 10.2. The van der Waals surface area contributed by atoms with E-state index in [0.717, 1.165) is 12.1 Å². The standard InChI is InChI=1S/C34H49F2N7O5Si.C25H32F2N6O3Si/c1-33(2,3)39-30(44)24-20-42(21-46-16-17-49(8,9)10)29-28(24)38-25(19-37-29)27-23-18-22(47-31(35)36)12-13-26(23)43(40-27)15-11-14-41(7)32(45)48-34(4,5)6;1-25(2,3)30-23(34)17-13-33(14-35-9-10-37(4,5)6)22-21(17)29-19(12-28-22)20-16-11-15(36-24(26)27)7-8-18(16)31-32-20/h12-13,18-20,31H,11,14-17,21H2,1-10H3,(H,39,44);7-8,11-13,24H,9-10,14H2,1-6H3,(H,30,34)(H,31,32). The van der Waals surface area contributed by atoms with Gasteiger partial charge in [0.25, 0.3) is 11.8 Å². The van der Waals surface area contributed by atoms with Gasteiger partial charge in [0.1, 0.15) is 64.4 Å². The van der Waals surface area contributed by atoms with E-state index in [-0.39, 0.29) is 36.8 Å². The van der Waals surface area contributed by atoms with E-state index in [4.69, 9.17) is 39.0 Å². The predicted octanol–water partition coefficient (Wildman–Crippen LogP) is 12.6. The Labute approximate surface area is 499 Å². The molecule has 0 aliphatic carbocycles. The Bertz CT molecular complexity index is 3680. The molecule has 0 spiro atoms. The Hall–Kier alpha value is -7.50. The first-order chi connectivity index (χ1) is 40.0. The molecular weight excluding hydrogens is 1150 g/mol. The van der Waals surface area contributed by atoms with Crippen LogP contribution in [0, 0.1) is 0 Å². The molecule has 0 bridgehead atoms. The van der Waals surface area contributed by atoms with Crippen LogP contribution in [0.4, 0.5) is 22.4 Å². The summed E-state index contributed by atoms with van der Waals surface area (Å²) >= 11 is 0. The first-order valence-electron chi connectivity index (χ1n) is 28.4. The van der Waals surface area contributed by atoms with Crippen molar-refractivity contribution in [3.63, 3.8) is 0 Å². The van der Waals surface area contributed by atoms with E-state index in [1.165, 1.54) is 29.2 Å². The Kier molecular flexibility index (Phi) is 20.5. The molecule has 6 heterocycles. The highest BCUT2D eigenvalue weighted by atomic mass is 28.3. The number of aryl methyl sites for hydroxylation is 1. The predicted molar refractivity (Wildman–Crippen MR) is 328 cm³/mol. The molecule has 0 radical (unpaired) electrons. The normalized spacial score (nSPS) is 12.6. The van der Waals surface area contributed by atoms with Crippen molar-refractivity contribution in [2.75, 3.05) is 26.8 Å². The van der Waals surface area contributed by atoms with Gasteiger partial charge in [0, 0.05) is 83.7 Å². The minimum atomic E-state index is -3.01. The zero-order valence-electron chi connectivity index (χ0n) is 52.0. The van der Waals surface area contributed by atoms with Crippen molar-refractivity contribution < 1.29 is 55.6 Å². The molecule has 3 N–H and O–H groups in total. The second-order valence-electron chi connectivity index (χ2n) is 26.5. The summed E-state index contributed by atoms with van der Waals surface area (Å²) in [5.41, 5.74) is 3.61. The lowest BCUT2D eigenvalue weighted by atomic mass is 10.1. The van der Waals surface area contributed by atoms with Crippen LogP contribution < -0.4 is 20.1 Å². The van der Waals surface area contributed by atoms with Crippen LogP contribution >= 0.6 is 0 Å². The van der Waals surface area contributed by atoms with Gasteiger partial charge in [0.2, 0.25) is 0 Å². The van der Waals surface area contributed by atoms with Crippen LogP contribution in [0.1, 0.15) is 89.5 Å². The van der Waals surface area contributed by atoms with E-state index in [9.17, 15) is 31.9 Å². The van der Waals surface area contributed by atoms with Crippen LogP contribution in [0.5, 0.6) is 11.5 Å². The summed E-state index contributed by atoms with van der Waals surface area (Å²) < 4.78 is 83.7. The lowest BCUT2D eigenvalue weighted by Gasteiger charge is -2.24. The number of aromatic amines is 1. The van der Waals surface area contributed by atoms with Gasteiger partial charge < -0.3 is 48.4 Å². The molecule has 8 rings (SSSR count). The molecule has 3 amide bonds. The number of carbonyl (C=O) groups is 3. The smallest absolute Gasteiger partial charge is 0.410 e. The highest BCUT2D eigenvalue weighted by Crippen LogP contribution is 2.34. The Morgan fingerprint density at radius 2 is 1.15 bits per heavy atom. The molecule has 0 saturated carbocycles. The van der Waals surface area contributed by atoms with Crippen LogP contribution in [0.25, 0.3) is 66.9 Å². The Morgan fingerprint density at radius 1 is 0.674 bits per heavy atom. The molecule has 21 nitrogen and oxygen atoms in total. The molecule has 466 valence electrons. The third kappa shape index (κ3) is 18.3. The molecule has 86 heavy (non-hydrogen) atoms. The topological polar surface area (TPSA) is 233 Å². The van der Waals surface area contributed by atoms with Crippen LogP contribution in [0.15, 0.2) is 61.2 Å². The molecule has 0 aliphatic rings. The summed E-state index contributed by atoms with van der Waals surface area (Å²) in [6, 6.07) is 11.1. The molecular formula is C59H81F4N13O8Si2. The van der Waals surface area contributed by atoms with Crippen molar-refractivity contribution in [3.05, 3.63) is 72.3 Å². The number of halogens is 4. The fraction of sp³-hybridized carbons (Fsp3) is 0.508. The summed E-state index contributed by atoms with van der Waals surface area (Å²) in [6.07, 6.45) is 6.58. The number of fused-ring (bicyclic) bond motifs is 4. The quantitative estimate of drug-likeness (QED) is 0.0325. The van der Waals surface area contributed by atoms with Crippen molar-refractivity contribution in [1.29, 1.82) is 0 Å². The van der Waals surface area contributed by atoms with E-state index < -0.39 is 52.1 Å². The lowest BCUT2D eigenvalue weighted by molar-refractivity contribution is -0.0504. The Balaban J connectivity index is 0.000000255. The molecule has 2 aromatic carbocycles. The number of hydrogen-bond donors (Lipinski definition) is 3. The van der Waals surface area contributed by atoms with Crippen LogP contribution in [0.2, 0.25) is 51.4 Å². The van der Waals surface area contributed by atoms with Gasteiger partial charge in [-0.25, -0.2) is 24.7 Å². The van der Waals surface area contributed by atoms with Crippen molar-refractivity contribution in [3.8, 4) is 34.3 Å². The molecule has 0 aliphatic heterocycles. The van der Waals surface area contributed by atoms with Gasteiger partial charge in [0.05, 0.1) is 34.6 Å². The summed E-state index contributed by atoms with van der Waals surface area (Å²) in [4.78, 5) is 59.5. The van der Waals surface area contributed by atoms with Crippen molar-refractivity contribution in [2.24, 2.45) is 0 Å². The first-order valence-corrected chi connectivity index (χ1v) is 35.8. The van der Waals surface area contributed by atoms with Gasteiger partial charge in [-0.2, -0.15) is 27.8 Å². The summed E-state index contributed by atoms with van der Waals surface area (Å²) in [5.74, 6) is -0.633. The highest BCUT2D eigenvalue weighted by molar-refractivity contribution is 6.76. The number of nitrogens with one attached hydrogen (secondary N) is 3. The summed E-state index contributed by atoms with van der Waals surface area (Å²) in [6.45, 7) is 26.9. The number of ether oxygens (including phenoxy) is 5. The van der Waals surface area contributed by atoms with Crippen molar-refractivity contribution in [2.45, 2.75) is 170 Å². The van der Waals surface area contributed by atoms with Gasteiger partial charge >= 0.3 is 19.3 Å². The zero-order chi connectivity index (χ0) is 63.3. The average molecular weight is 1230 g/mol. The van der Waals surface area contributed by atoms with Gasteiger partial charge in [-0.05, 0) is 117 Å². The van der Waals surface area contributed by atoms with Gasteiger partial charge in [-0.1, -0.05) is 39.3 Å². The maximum Gasteiger partial charge on any atom is 0.410 e. The largest absolute Gasteiger partial charge is 0.444 e. The number of aromatic nitrogens is 10. The van der Waals surface area contributed by atoms with E-state index in [0.29, 0.717) is 111 Å². The molecule has 8 aromatic rings. The monoisotopic (exact) mass is 1230 g/mol. The number of H-pyrrole nitrogens is 1. The molecule has 0 fully saturated rings. The number of alkyl halides is 4. The highest BCUT2D eigenvalue weighted by Gasteiger charge is 2.27. The van der Waals surface area contributed by atoms with Gasteiger partial charge in [-0.3, -0.25) is 19.4 Å². The summed E-state index contributed by atoms with van der Waals surface area (Å²) in [5, 5.41) is 19.0. The molecule has 0 unspecified atom stereocenters. The van der Waals surface area contributed by atoms with Crippen molar-refractivity contribution >= 4 is 78.2 Å². The maximum absolute atomic E-state index is 13.5. The second kappa shape index (κ2) is 26.6. The molecule has 6 aromatic heterocycles. The fourth-order valence-electron chi connectivity index (χ4n) is 8.71. The number of nitrogens with zero attached hydrogens (tertiary/aromatic N) is 10. The van der Waals surface area contributed by atoms with Crippen molar-refractivity contribution in [1.82, 2.24) is 64.6 Å². The SMILES string of the molecule is CC(C)(C)NC(=O)c1cn(COCC[Si](C)(C)C)c2ncc(-c3n[nH]c4ccc(OC(F)F)cc34)nc12.CN(CCCn1nc(-c2cnc3c(n2)c(C(=O)NC(C)(C)C)cn3COCC[Si](C)(C)C)c2cc(OC(F)F)ccc21)C(=O)OC(C)(C)C. The van der Waals surface area contributed by atoms with Crippen LogP contribution in [-0.4, -0.2) is 145 Å². The van der Waals surface area contributed by atoms with Gasteiger partial charge in [-0.15, -0.1) is 0 Å². The number of rotatable bonds is 22. The molecule has 0 atom stereocenters. The maximum atomic E-state index is 13.5. The van der Waals surface area contributed by atoms with E-state index >= 15 is 0 Å². The molecule has 0 saturated heterocycles. The molecule has 27 heteroatoms. The lowest BCUT2D eigenvalue weighted by Crippen LogP contribution is -2.40. The number of benzene rings is 2. The zero-order valence-corrected chi connectivity index (χ0v) is 54.0. The van der Waals surface area contributed by atoms with Gasteiger partial charge in [0.15, 0.2) is 11.3 Å². The number of carbonyl (C=O) groups excluding carboxylic acids is 3. The minimum Gasteiger partial charge on any atom is -0.444 e. The summed E-state index contributed by atoms with van der Waals surface area (Å²) in [7, 11) is -0.891.